The molecular weight excluding hydrogens is 394 g/mol. The van der Waals surface area contributed by atoms with Gasteiger partial charge in [0.15, 0.2) is 11.6 Å². The van der Waals surface area contributed by atoms with E-state index in [-0.39, 0.29) is 28.5 Å². The second-order valence-corrected chi connectivity index (χ2v) is 6.21. The topological polar surface area (TPSA) is 55.0 Å². The van der Waals surface area contributed by atoms with Gasteiger partial charge in [-0.3, -0.25) is 9.59 Å². The number of nitrogens with zero attached hydrogens (tertiary/aromatic N) is 2. The van der Waals surface area contributed by atoms with E-state index in [1.54, 1.807) is 36.4 Å². The van der Waals surface area contributed by atoms with E-state index in [1.165, 1.54) is 0 Å². The van der Waals surface area contributed by atoms with Crippen molar-refractivity contribution in [3.05, 3.63) is 83.4 Å². The van der Waals surface area contributed by atoms with E-state index in [4.69, 9.17) is 0 Å². The van der Waals surface area contributed by atoms with Crippen molar-refractivity contribution in [2.75, 3.05) is 11.9 Å². The van der Waals surface area contributed by atoms with E-state index in [0.717, 1.165) is 18.8 Å². The summed E-state index contributed by atoms with van der Waals surface area (Å²) in [7, 11) is 1.98. The summed E-state index contributed by atoms with van der Waals surface area (Å²) in [4.78, 5) is 25.3. The van der Waals surface area contributed by atoms with Gasteiger partial charge in [-0.05, 0) is 18.2 Å². The fourth-order valence-corrected chi connectivity index (χ4v) is 3.17. The lowest BCUT2D eigenvalue weighted by atomic mass is 9.84. The third kappa shape index (κ3) is 3.20. The molecule has 1 aliphatic rings. The normalized spacial score (nSPS) is 12.2. The fourth-order valence-electron chi connectivity index (χ4n) is 3.17. The van der Waals surface area contributed by atoms with Crippen LogP contribution in [0.2, 0.25) is 0 Å². The number of imidazole rings is 1. The highest BCUT2D eigenvalue weighted by molar-refractivity contribution is 6.28. The van der Waals surface area contributed by atoms with Crippen LogP contribution in [-0.2, 0) is 13.6 Å². The van der Waals surface area contributed by atoms with Gasteiger partial charge in [0.05, 0.1) is 13.6 Å². The molecule has 0 unspecified atom stereocenters. The molecule has 0 radical (unpaired) electrons. The number of anilines is 1. The number of nitrogens with one attached hydrogen (secondary N) is 1. The van der Waals surface area contributed by atoms with Crippen molar-refractivity contribution in [3.63, 3.8) is 0 Å². The molecular formula is C20H18BrN3O2. The average Bonchev–Trinajstić information content (AvgIpc) is 3.05. The third-order valence-electron chi connectivity index (χ3n) is 4.45. The molecule has 0 aliphatic heterocycles. The van der Waals surface area contributed by atoms with Gasteiger partial charge in [-0.2, -0.15) is 0 Å². The molecule has 1 heterocycles. The lowest BCUT2D eigenvalue weighted by Gasteiger charge is -2.18. The van der Waals surface area contributed by atoms with Crippen LogP contribution in [0.25, 0.3) is 0 Å². The van der Waals surface area contributed by atoms with E-state index in [2.05, 4.69) is 9.88 Å². The number of halogens is 1. The Balaban J connectivity index is 0.00000196. The van der Waals surface area contributed by atoms with Crippen LogP contribution in [0, 0.1) is 0 Å². The van der Waals surface area contributed by atoms with Crippen LogP contribution in [0.1, 0.15) is 31.8 Å². The number of carbonyl (C=O) groups is 2. The van der Waals surface area contributed by atoms with Crippen molar-refractivity contribution >= 4 is 17.3 Å². The molecule has 0 atom stereocenters. The molecule has 3 aromatic rings. The van der Waals surface area contributed by atoms with Crippen molar-refractivity contribution < 1.29 is 31.1 Å². The highest BCUT2D eigenvalue weighted by Gasteiger charge is 2.29. The summed E-state index contributed by atoms with van der Waals surface area (Å²) in [5, 5.41) is 3.32. The van der Waals surface area contributed by atoms with Gasteiger partial charge in [0.2, 0.25) is 6.33 Å². The molecule has 5 nitrogen and oxygen atoms in total. The molecule has 0 spiro atoms. The van der Waals surface area contributed by atoms with E-state index >= 15 is 0 Å². The Hall–Kier alpha value is -2.73. The zero-order chi connectivity index (χ0) is 17.4. The Kier molecular flexibility index (Phi) is 5.04. The average molecular weight is 412 g/mol. The van der Waals surface area contributed by atoms with Gasteiger partial charge in [0, 0.05) is 27.9 Å². The first kappa shape index (κ1) is 18.1. The number of hydrogen-bond acceptors (Lipinski definition) is 3. The second-order valence-electron chi connectivity index (χ2n) is 6.21. The summed E-state index contributed by atoms with van der Waals surface area (Å²) >= 11 is 0. The number of ketones is 2. The maximum absolute atomic E-state index is 12.7. The number of aryl methyl sites for hydroxylation is 1. The Morgan fingerprint density at radius 2 is 1.62 bits per heavy atom. The predicted molar refractivity (Wildman–Crippen MR) is 93.8 cm³/mol. The zero-order valence-electron chi connectivity index (χ0n) is 14.3. The van der Waals surface area contributed by atoms with Crippen molar-refractivity contribution in [2.24, 2.45) is 7.05 Å². The van der Waals surface area contributed by atoms with Crippen LogP contribution in [0.5, 0.6) is 0 Å². The quantitative estimate of drug-likeness (QED) is 0.447. The zero-order valence-corrected chi connectivity index (χ0v) is 15.9. The van der Waals surface area contributed by atoms with Crippen molar-refractivity contribution in [1.29, 1.82) is 0 Å². The SMILES string of the molecule is Cn1cc[n+](CCNc2ccc3c(c2)C(=O)c2ccccc2C3=O)c1.[Br-]. The first-order valence-corrected chi connectivity index (χ1v) is 8.21. The smallest absolute Gasteiger partial charge is 0.243 e. The minimum absolute atomic E-state index is 0. The summed E-state index contributed by atoms with van der Waals surface area (Å²) in [5.74, 6) is -0.178. The van der Waals surface area contributed by atoms with Gasteiger partial charge >= 0.3 is 0 Å². The summed E-state index contributed by atoms with van der Waals surface area (Å²) < 4.78 is 4.07. The van der Waals surface area contributed by atoms with E-state index in [1.807, 2.05) is 36.4 Å². The lowest BCUT2D eigenvalue weighted by molar-refractivity contribution is -0.693. The number of aromatic nitrogens is 2. The standard InChI is InChI=1S/C20H17N3O2.BrH/c1-22-10-11-23(13-22)9-8-21-14-6-7-17-18(12-14)20(25)16-5-3-2-4-15(16)19(17)24;/h2-7,10-13H,8-9H2,1H3;1H. The van der Waals surface area contributed by atoms with Crippen molar-refractivity contribution in [1.82, 2.24) is 4.57 Å². The molecule has 132 valence electrons. The Bertz CT molecular complexity index is 994. The van der Waals surface area contributed by atoms with Gasteiger partial charge in [0.25, 0.3) is 0 Å². The molecule has 1 aliphatic carbocycles. The molecule has 0 fully saturated rings. The summed E-state index contributed by atoms with van der Waals surface area (Å²) in [6.45, 7) is 1.54. The van der Waals surface area contributed by atoms with Crippen LogP contribution < -0.4 is 26.9 Å². The highest BCUT2D eigenvalue weighted by atomic mass is 79.9. The molecule has 0 saturated heterocycles. The van der Waals surface area contributed by atoms with Gasteiger partial charge in [-0.15, -0.1) is 0 Å². The van der Waals surface area contributed by atoms with E-state index in [9.17, 15) is 9.59 Å². The largest absolute Gasteiger partial charge is 1.00 e. The number of fused-ring (bicyclic) bond motifs is 2. The minimum Gasteiger partial charge on any atom is -1.00 e. The maximum Gasteiger partial charge on any atom is 0.243 e. The number of carbonyl (C=O) groups excluding carboxylic acids is 2. The molecule has 0 saturated carbocycles. The molecule has 1 N–H and O–H groups in total. The maximum atomic E-state index is 12.7. The Morgan fingerprint density at radius 3 is 2.27 bits per heavy atom. The molecule has 1 aromatic heterocycles. The molecule has 0 amide bonds. The third-order valence-corrected chi connectivity index (χ3v) is 4.45. The number of rotatable bonds is 4. The van der Waals surface area contributed by atoms with Gasteiger partial charge in [-0.25, -0.2) is 9.13 Å². The summed E-state index contributed by atoms with van der Waals surface area (Å²) in [6, 6.07) is 12.4. The molecule has 0 bridgehead atoms. The number of hydrogen-bond donors (Lipinski definition) is 1. The first-order chi connectivity index (χ1) is 12.1. The van der Waals surface area contributed by atoms with E-state index in [0.29, 0.717) is 22.3 Å². The van der Waals surface area contributed by atoms with Crippen LogP contribution >= 0.6 is 0 Å². The number of benzene rings is 2. The predicted octanol–water partition coefficient (Wildman–Crippen LogP) is -0.796. The van der Waals surface area contributed by atoms with E-state index < -0.39 is 0 Å². The summed E-state index contributed by atoms with van der Waals surface area (Å²) in [6.07, 6.45) is 6.00. The van der Waals surface area contributed by atoms with Crippen LogP contribution in [0.3, 0.4) is 0 Å². The first-order valence-electron chi connectivity index (χ1n) is 8.21. The lowest BCUT2D eigenvalue weighted by Crippen LogP contribution is -3.00. The van der Waals surface area contributed by atoms with Crippen LogP contribution in [-0.4, -0.2) is 22.7 Å². The highest BCUT2D eigenvalue weighted by Crippen LogP contribution is 2.28. The summed E-state index contributed by atoms with van der Waals surface area (Å²) in [5.41, 5.74) is 2.77. The van der Waals surface area contributed by atoms with Gasteiger partial charge in [0.1, 0.15) is 18.9 Å². The molecule has 4 rings (SSSR count). The monoisotopic (exact) mass is 411 g/mol. The Morgan fingerprint density at radius 1 is 0.962 bits per heavy atom. The fraction of sp³-hybridized carbons (Fsp3) is 0.150. The van der Waals surface area contributed by atoms with Crippen molar-refractivity contribution in [2.45, 2.75) is 6.54 Å². The molecule has 2 aromatic carbocycles. The Labute approximate surface area is 162 Å². The molecule has 26 heavy (non-hydrogen) atoms. The van der Waals surface area contributed by atoms with Crippen LogP contribution in [0.4, 0.5) is 5.69 Å². The second kappa shape index (κ2) is 7.25. The van der Waals surface area contributed by atoms with Crippen LogP contribution in [0.15, 0.2) is 61.2 Å². The van der Waals surface area contributed by atoms with Gasteiger partial charge < -0.3 is 22.3 Å². The minimum atomic E-state index is -0.0914. The van der Waals surface area contributed by atoms with Crippen molar-refractivity contribution in [3.8, 4) is 0 Å². The van der Waals surface area contributed by atoms with Gasteiger partial charge in [-0.1, -0.05) is 24.3 Å². The molecule has 6 heteroatoms.